The van der Waals surface area contributed by atoms with E-state index in [4.69, 9.17) is 0 Å². The average molecular weight is 212 g/mol. The van der Waals surface area contributed by atoms with Gasteiger partial charge in [-0.05, 0) is 31.6 Å². The van der Waals surface area contributed by atoms with Crippen molar-refractivity contribution in [1.82, 2.24) is 10.2 Å². The quantitative estimate of drug-likeness (QED) is 0.749. The van der Waals surface area contributed by atoms with Crippen molar-refractivity contribution in [2.75, 3.05) is 13.1 Å². The fourth-order valence-corrected chi connectivity index (χ4v) is 1.83. The van der Waals surface area contributed by atoms with E-state index in [0.29, 0.717) is 11.8 Å². The van der Waals surface area contributed by atoms with Crippen LogP contribution in [0.2, 0.25) is 0 Å². The van der Waals surface area contributed by atoms with Gasteiger partial charge in [0.15, 0.2) is 0 Å². The molecule has 0 aliphatic carbocycles. The predicted octanol–water partition coefficient (Wildman–Crippen LogP) is 2.47. The van der Waals surface area contributed by atoms with Crippen molar-refractivity contribution >= 4 is 6.03 Å². The second-order valence-corrected chi connectivity index (χ2v) is 5.18. The van der Waals surface area contributed by atoms with E-state index in [1.165, 1.54) is 6.42 Å². The maximum atomic E-state index is 11.9. The third-order valence-corrected chi connectivity index (χ3v) is 3.30. The summed E-state index contributed by atoms with van der Waals surface area (Å²) in [7, 11) is 0. The van der Waals surface area contributed by atoms with Gasteiger partial charge in [0.1, 0.15) is 0 Å². The zero-order valence-electron chi connectivity index (χ0n) is 10.4. The number of hydrogen-bond donors (Lipinski definition) is 1. The highest BCUT2D eigenvalue weighted by molar-refractivity contribution is 5.74. The molecule has 2 amide bonds. The van der Waals surface area contributed by atoms with Gasteiger partial charge in [0.2, 0.25) is 0 Å². The molecule has 1 fully saturated rings. The van der Waals surface area contributed by atoms with E-state index < -0.39 is 0 Å². The summed E-state index contributed by atoms with van der Waals surface area (Å²) in [6, 6.07) is 0.373. The average Bonchev–Trinajstić information content (AvgIpc) is 2.17. The van der Waals surface area contributed by atoms with Gasteiger partial charge in [0.05, 0.1) is 0 Å². The Balaban J connectivity index is 2.39. The van der Waals surface area contributed by atoms with E-state index in [9.17, 15) is 4.79 Å². The number of nitrogens with zero attached hydrogens (tertiary/aromatic N) is 1. The first-order chi connectivity index (χ1) is 7.00. The van der Waals surface area contributed by atoms with Crippen molar-refractivity contribution in [3.05, 3.63) is 0 Å². The summed E-state index contributed by atoms with van der Waals surface area (Å²) in [4.78, 5) is 13.8. The first-order valence-electron chi connectivity index (χ1n) is 6.06. The van der Waals surface area contributed by atoms with Gasteiger partial charge in [-0.3, -0.25) is 0 Å². The summed E-state index contributed by atoms with van der Waals surface area (Å²) in [5.74, 6) is 1.15. The molecule has 0 aromatic rings. The third kappa shape index (κ3) is 3.73. The van der Waals surface area contributed by atoms with E-state index in [-0.39, 0.29) is 12.1 Å². The Bertz CT molecular complexity index is 216. The van der Waals surface area contributed by atoms with Crippen molar-refractivity contribution < 1.29 is 4.79 Å². The van der Waals surface area contributed by atoms with Crippen LogP contribution < -0.4 is 5.32 Å². The van der Waals surface area contributed by atoms with Crippen LogP contribution in [-0.2, 0) is 0 Å². The molecule has 1 saturated heterocycles. The lowest BCUT2D eigenvalue weighted by molar-refractivity contribution is 0.164. The maximum absolute atomic E-state index is 11.9. The van der Waals surface area contributed by atoms with E-state index in [2.05, 4.69) is 33.0 Å². The van der Waals surface area contributed by atoms with Crippen molar-refractivity contribution in [1.29, 1.82) is 0 Å². The van der Waals surface area contributed by atoms with E-state index >= 15 is 0 Å². The molecule has 3 nitrogen and oxygen atoms in total. The second-order valence-electron chi connectivity index (χ2n) is 5.18. The number of hydrogen-bond acceptors (Lipinski definition) is 1. The molecule has 1 N–H and O–H groups in total. The SMILES string of the molecule is CC1CCCN(C(=O)NC(C)C(C)C)C1. The number of urea groups is 1. The van der Waals surface area contributed by atoms with Gasteiger partial charge >= 0.3 is 6.03 Å². The van der Waals surface area contributed by atoms with Crippen LogP contribution in [0.5, 0.6) is 0 Å². The lowest BCUT2D eigenvalue weighted by Crippen LogP contribution is -2.48. The van der Waals surface area contributed by atoms with Gasteiger partial charge < -0.3 is 10.2 Å². The van der Waals surface area contributed by atoms with Crippen LogP contribution in [-0.4, -0.2) is 30.1 Å². The molecule has 1 rings (SSSR count). The Morgan fingerprint density at radius 3 is 2.60 bits per heavy atom. The van der Waals surface area contributed by atoms with Crippen LogP contribution in [0.3, 0.4) is 0 Å². The first-order valence-corrected chi connectivity index (χ1v) is 6.06. The van der Waals surface area contributed by atoms with Gasteiger partial charge in [-0.15, -0.1) is 0 Å². The minimum Gasteiger partial charge on any atom is -0.335 e. The molecule has 0 spiro atoms. The van der Waals surface area contributed by atoms with Crippen LogP contribution in [0.4, 0.5) is 4.79 Å². The standard InChI is InChI=1S/C12H24N2O/c1-9(2)11(4)13-12(15)14-7-5-6-10(3)8-14/h9-11H,5-8H2,1-4H3,(H,13,15). The van der Waals surface area contributed by atoms with Gasteiger partial charge in [-0.2, -0.15) is 0 Å². The Kier molecular flexibility index (Phi) is 4.43. The molecule has 0 saturated carbocycles. The Hall–Kier alpha value is -0.730. The largest absolute Gasteiger partial charge is 0.335 e. The summed E-state index contributed by atoms with van der Waals surface area (Å²) in [6.07, 6.45) is 2.40. The summed E-state index contributed by atoms with van der Waals surface area (Å²) in [5, 5.41) is 3.06. The molecule has 0 radical (unpaired) electrons. The number of likely N-dealkylation sites (tertiary alicyclic amines) is 1. The normalized spacial score (nSPS) is 24.1. The number of nitrogens with one attached hydrogen (secondary N) is 1. The van der Waals surface area contributed by atoms with Crippen LogP contribution in [0.15, 0.2) is 0 Å². The summed E-state index contributed by atoms with van der Waals surface area (Å²) >= 11 is 0. The second kappa shape index (κ2) is 5.38. The molecule has 1 aliphatic heterocycles. The molecule has 0 aromatic carbocycles. The molecular weight excluding hydrogens is 188 g/mol. The molecular formula is C12H24N2O. The first kappa shape index (κ1) is 12.3. The van der Waals surface area contributed by atoms with Crippen LogP contribution in [0.25, 0.3) is 0 Å². The topological polar surface area (TPSA) is 32.3 Å². The number of carbonyl (C=O) groups is 1. The van der Waals surface area contributed by atoms with Crippen LogP contribution in [0.1, 0.15) is 40.5 Å². The lowest BCUT2D eigenvalue weighted by atomic mass is 10.0. The van der Waals surface area contributed by atoms with Crippen LogP contribution >= 0.6 is 0 Å². The zero-order chi connectivity index (χ0) is 11.4. The molecule has 0 aromatic heterocycles. The van der Waals surface area contributed by atoms with Crippen molar-refractivity contribution in [3.8, 4) is 0 Å². The molecule has 1 heterocycles. The third-order valence-electron chi connectivity index (χ3n) is 3.30. The zero-order valence-corrected chi connectivity index (χ0v) is 10.4. The van der Waals surface area contributed by atoms with Crippen molar-refractivity contribution in [3.63, 3.8) is 0 Å². The van der Waals surface area contributed by atoms with Crippen molar-refractivity contribution in [2.45, 2.75) is 46.6 Å². The molecule has 0 bridgehead atoms. The Labute approximate surface area is 93.2 Å². The minimum absolute atomic E-state index is 0.114. The van der Waals surface area contributed by atoms with Gasteiger partial charge in [0.25, 0.3) is 0 Å². The minimum atomic E-state index is 0.114. The van der Waals surface area contributed by atoms with E-state index in [1.54, 1.807) is 0 Å². The number of amides is 2. The molecule has 3 heteroatoms. The van der Waals surface area contributed by atoms with Crippen LogP contribution in [0, 0.1) is 11.8 Å². The summed E-state index contributed by atoms with van der Waals surface area (Å²) in [6.45, 7) is 10.4. The van der Waals surface area contributed by atoms with E-state index in [1.807, 2.05) is 4.90 Å². The van der Waals surface area contributed by atoms with Gasteiger partial charge in [-0.1, -0.05) is 20.8 Å². The molecule has 88 valence electrons. The monoisotopic (exact) mass is 212 g/mol. The predicted molar refractivity (Wildman–Crippen MR) is 62.8 cm³/mol. The fourth-order valence-electron chi connectivity index (χ4n) is 1.83. The summed E-state index contributed by atoms with van der Waals surface area (Å²) in [5.41, 5.74) is 0. The molecule has 15 heavy (non-hydrogen) atoms. The smallest absolute Gasteiger partial charge is 0.317 e. The number of rotatable bonds is 2. The molecule has 2 atom stereocenters. The van der Waals surface area contributed by atoms with Gasteiger partial charge in [-0.25, -0.2) is 4.79 Å². The summed E-state index contributed by atoms with van der Waals surface area (Å²) < 4.78 is 0. The Morgan fingerprint density at radius 2 is 2.07 bits per heavy atom. The highest BCUT2D eigenvalue weighted by Crippen LogP contribution is 2.15. The van der Waals surface area contributed by atoms with E-state index in [0.717, 1.165) is 19.5 Å². The molecule has 1 aliphatic rings. The number of carbonyl (C=O) groups excluding carboxylic acids is 1. The maximum Gasteiger partial charge on any atom is 0.317 e. The number of piperidine rings is 1. The van der Waals surface area contributed by atoms with Crippen molar-refractivity contribution in [2.24, 2.45) is 11.8 Å². The Morgan fingerprint density at radius 1 is 1.40 bits per heavy atom. The highest BCUT2D eigenvalue weighted by atomic mass is 16.2. The fraction of sp³-hybridized carbons (Fsp3) is 0.917. The lowest BCUT2D eigenvalue weighted by Gasteiger charge is -2.32. The highest BCUT2D eigenvalue weighted by Gasteiger charge is 2.22. The molecule has 2 unspecified atom stereocenters. The van der Waals surface area contributed by atoms with Gasteiger partial charge in [0, 0.05) is 19.1 Å².